The lowest BCUT2D eigenvalue weighted by Crippen LogP contribution is -2.21. The molecular weight excluding hydrogens is 274 g/mol. The molecule has 0 unspecified atom stereocenters. The number of hydrogen-bond acceptors (Lipinski definition) is 4. The lowest BCUT2D eigenvalue weighted by atomic mass is 10.4. The van der Waals surface area contributed by atoms with Crippen LogP contribution in [0.2, 0.25) is 0 Å². The molecule has 102 valence electrons. The van der Waals surface area contributed by atoms with Crippen molar-refractivity contribution in [1.29, 1.82) is 0 Å². The summed E-state index contributed by atoms with van der Waals surface area (Å²) >= 11 is 1.61. The third-order valence-corrected chi connectivity index (χ3v) is 3.64. The molecule has 1 N–H and O–H groups in total. The highest BCUT2D eigenvalue weighted by Gasteiger charge is 2.11. The monoisotopic (exact) mass is 287 g/mol. The summed E-state index contributed by atoms with van der Waals surface area (Å²) in [5, 5.41) is 8.90. The molecule has 6 heteroatoms. The van der Waals surface area contributed by atoms with Crippen molar-refractivity contribution in [3.63, 3.8) is 0 Å². The van der Waals surface area contributed by atoms with E-state index in [1.165, 1.54) is 0 Å². The number of thiophene rings is 1. The minimum Gasteiger partial charge on any atom is -0.454 e. The van der Waals surface area contributed by atoms with Crippen molar-refractivity contribution in [3.8, 4) is 0 Å². The maximum absolute atomic E-state index is 11.9. The minimum atomic E-state index is -0.204. The third kappa shape index (κ3) is 2.97. The van der Waals surface area contributed by atoms with E-state index in [1.54, 1.807) is 34.3 Å². The maximum atomic E-state index is 11.9. The molecule has 20 heavy (non-hydrogen) atoms. The normalized spacial score (nSPS) is 10.6. The average molecular weight is 287 g/mol. The van der Waals surface area contributed by atoms with Crippen molar-refractivity contribution >= 4 is 17.2 Å². The van der Waals surface area contributed by atoms with Crippen molar-refractivity contribution in [3.05, 3.63) is 64.5 Å². The van der Waals surface area contributed by atoms with Gasteiger partial charge in [0.15, 0.2) is 5.76 Å². The van der Waals surface area contributed by atoms with Crippen LogP contribution in [0.4, 0.5) is 0 Å². The molecule has 0 aliphatic carbocycles. The smallest absolute Gasteiger partial charge is 0.287 e. The quantitative estimate of drug-likeness (QED) is 0.784. The molecule has 0 bridgehead atoms. The van der Waals surface area contributed by atoms with Crippen molar-refractivity contribution in [1.82, 2.24) is 15.1 Å². The third-order valence-electron chi connectivity index (χ3n) is 2.77. The predicted molar refractivity (Wildman–Crippen MR) is 75.5 cm³/mol. The Hall–Kier alpha value is -2.34. The van der Waals surface area contributed by atoms with E-state index < -0.39 is 0 Å². The summed E-state index contributed by atoms with van der Waals surface area (Å²) in [5.41, 5.74) is 0. The summed E-state index contributed by atoms with van der Waals surface area (Å²) in [6, 6.07) is 9.26. The van der Waals surface area contributed by atoms with Crippen LogP contribution in [-0.4, -0.2) is 15.7 Å². The van der Waals surface area contributed by atoms with E-state index in [2.05, 4.69) is 10.4 Å². The van der Waals surface area contributed by atoms with E-state index in [-0.39, 0.29) is 5.91 Å². The first-order chi connectivity index (χ1) is 9.81. The Balaban J connectivity index is 1.59. The van der Waals surface area contributed by atoms with Gasteiger partial charge in [-0.05, 0) is 29.6 Å². The standard InChI is InChI=1S/C14H13N3O2S/c18-14(15-9-12-3-1-8-20-12)13-5-4-11(19-13)10-17-7-2-6-16-17/h1-8H,9-10H2,(H,15,18). The highest BCUT2D eigenvalue weighted by atomic mass is 32.1. The van der Waals surface area contributed by atoms with Gasteiger partial charge in [-0.25, -0.2) is 0 Å². The fraction of sp³-hybridized carbons (Fsp3) is 0.143. The summed E-state index contributed by atoms with van der Waals surface area (Å²) in [7, 11) is 0. The lowest BCUT2D eigenvalue weighted by molar-refractivity contribution is 0.0921. The SMILES string of the molecule is O=C(NCc1cccs1)c1ccc(Cn2cccn2)o1. The van der Waals surface area contributed by atoms with Gasteiger partial charge in [0.1, 0.15) is 5.76 Å². The number of carbonyl (C=O) groups is 1. The summed E-state index contributed by atoms with van der Waals surface area (Å²) in [5.74, 6) is 0.823. The van der Waals surface area contributed by atoms with Crippen LogP contribution in [0.25, 0.3) is 0 Å². The van der Waals surface area contributed by atoms with Gasteiger partial charge < -0.3 is 9.73 Å². The number of hydrogen-bond donors (Lipinski definition) is 1. The number of amides is 1. The molecule has 0 spiro atoms. The number of rotatable bonds is 5. The van der Waals surface area contributed by atoms with E-state index in [9.17, 15) is 4.79 Å². The van der Waals surface area contributed by atoms with Crippen LogP contribution in [0, 0.1) is 0 Å². The molecule has 0 radical (unpaired) electrons. The Labute approximate surface area is 119 Å². The first-order valence-corrected chi connectivity index (χ1v) is 7.06. The molecule has 0 fully saturated rings. The molecule has 5 nitrogen and oxygen atoms in total. The summed E-state index contributed by atoms with van der Waals surface area (Å²) in [6.07, 6.45) is 3.55. The fourth-order valence-electron chi connectivity index (χ4n) is 1.81. The molecule has 3 rings (SSSR count). The Kier molecular flexibility index (Phi) is 3.64. The van der Waals surface area contributed by atoms with Gasteiger partial charge in [-0.2, -0.15) is 5.10 Å². The van der Waals surface area contributed by atoms with E-state index in [0.29, 0.717) is 24.6 Å². The van der Waals surface area contributed by atoms with Gasteiger partial charge in [-0.1, -0.05) is 6.07 Å². The van der Waals surface area contributed by atoms with Crippen LogP contribution in [-0.2, 0) is 13.1 Å². The number of carbonyl (C=O) groups excluding carboxylic acids is 1. The van der Waals surface area contributed by atoms with E-state index in [1.807, 2.05) is 29.8 Å². The Morgan fingerprint density at radius 3 is 3.05 bits per heavy atom. The van der Waals surface area contributed by atoms with Crippen LogP contribution in [0.1, 0.15) is 21.2 Å². The van der Waals surface area contributed by atoms with Crippen LogP contribution < -0.4 is 5.32 Å². The predicted octanol–water partition coefficient (Wildman–Crippen LogP) is 2.52. The zero-order chi connectivity index (χ0) is 13.8. The van der Waals surface area contributed by atoms with Gasteiger partial charge in [-0.3, -0.25) is 9.48 Å². The van der Waals surface area contributed by atoms with E-state index >= 15 is 0 Å². The van der Waals surface area contributed by atoms with Crippen LogP contribution in [0.3, 0.4) is 0 Å². The molecule has 3 heterocycles. The molecule has 0 aromatic carbocycles. The van der Waals surface area contributed by atoms with Crippen molar-refractivity contribution in [2.24, 2.45) is 0 Å². The zero-order valence-electron chi connectivity index (χ0n) is 10.7. The highest BCUT2D eigenvalue weighted by Crippen LogP contribution is 2.11. The molecule has 0 atom stereocenters. The van der Waals surface area contributed by atoms with Crippen molar-refractivity contribution in [2.75, 3.05) is 0 Å². The van der Waals surface area contributed by atoms with Crippen LogP contribution in [0.15, 0.2) is 52.5 Å². The molecule has 3 aromatic rings. The van der Waals surface area contributed by atoms with Gasteiger partial charge in [0.05, 0.1) is 13.1 Å². The second kappa shape index (κ2) is 5.75. The summed E-state index contributed by atoms with van der Waals surface area (Å²) in [4.78, 5) is 13.0. The van der Waals surface area contributed by atoms with Gasteiger partial charge in [0.25, 0.3) is 5.91 Å². The fourth-order valence-corrected chi connectivity index (χ4v) is 2.45. The lowest BCUT2D eigenvalue weighted by Gasteiger charge is -2.01. The second-order valence-electron chi connectivity index (χ2n) is 4.23. The first-order valence-electron chi connectivity index (χ1n) is 6.18. The Morgan fingerprint density at radius 2 is 2.30 bits per heavy atom. The van der Waals surface area contributed by atoms with Crippen LogP contribution >= 0.6 is 11.3 Å². The molecular formula is C14H13N3O2S. The molecule has 0 saturated heterocycles. The number of aromatic nitrogens is 2. The Morgan fingerprint density at radius 1 is 1.35 bits per heavy atom. The highest BCUT2D eigenvalue weighted by molar-refractivity contribution is 7.09. The van der Waals surface area contributed by atoms with Gasteiger partial charge in [0.2, 0.25) is 0 Å². The first kappa shape index (κ1) is 12.7. The number of nitrogens with zero attached hydrogens (tertiary/aromatic N) is 2. The maximum Gasteiger partial charge on any atom is 0.287 e. The average Bonchev–Trinajstić information content (AvgIpc) is 3.19. The molecule has 0 aliphatic heterocycles. The largest absolute Gasteiger partial charge is 0.454 e. The van der Waals surface area contributed by atoms with Crippen LogP contribution in [0.5, 0.6) is 0 Å². The Bertz CT molecular complexity index is 671. The molecule has 1 amide bonds. The van der Waals surface area contributed by atoms with Gasteiger partial charge >= 0.3 is 0 Å². The van der Waals surface area contributed by atoms with Crippen molar-refractivity contribution in [2.45, 2.75) is 13.1 Å². The van der Waals surface area contributed by atoms with E-state index in [4.69, 9.17) is 4.42 Å². The number of furan rings is 1. The van der Waals surface area contributed by atoms with Gasteiger partial charge in [0, 0.05) is 17.3 Å². The summed E-state index contributed by atoms with van der Waals surface area (Å²) < 4.78 is 7.26. The summed E-state index contributed by atoms with van der Waals surface area (Å²) in [6.45, 7) is 1.04. The van der Waals surface area contributed by atoms with Gasteiger partial charge in [-0.15, -0.1) is 11.3 Å². The molecule has 0 aliphatic rings. The van der Waals surface area contributed by atoms with Crippen molar-refractivity contribution < 1.29 is 9.21 Å². The van der Waals surface area contributed by atoms with E-state index in [0.717, 1.165) is 4.88 Å². The molecule has 0 saturated carbocycles. The minimum absolute atomic E-state index is 0.204. The second-order valence-corrected chi connectivity index (χ2v) is 5.26. The molecule has 3 aromatic heterocycles. The number of nitrogens with one attached hydrogen (secondary N) is 1. The topological polar surface area (TPSA) is 60.1 Å². The zero-order valence-corrected chi connectivity index (χ0v) is 11.5.